The van der Waals surface area contributed by atoms with Crippen molar-refractivity contribution in [2.75, 3.05) is 6.54 Å². The van der Waals surface area contributed by atoms with Gasteiger partial charge in [-0.15, -0.1) is 0 Å². The van der Waals surface area contributed by atoms with Gasteiger partial charge in [0, 0.05) is 17.1 Å². The zero-order valence-corrected chi connectivity index (χ0v) is 13.7. The van der Waals surface area contributed by atoms with E-state index in [-0.39, 0.29) is 11.6 Å². The first-order valence-corrected chi connectivity index (χ1v) is 8.81. The summed E-state index contributed by atoms with van der Waals surface area (Å²) in [5.41, 5.74) is 1.02. The van der Waals surface area contributed by atoms with Crippen LogP contribution in [0.2, 0.25) is 0 Å². The summed E-state index contributed by atoms with van der Waals surface area (Å²) in [6, 6.07) is 9.24. The third kappa shape index (κ3) is 2.42. The van der Waals surface area contributed by atoms with Gasteiger partial charge >= 0.3 is 0 Å². The summed E-state index contributed by atoms with van der Waals surface area (Å²) in [7, 11) is 0. The Morgan fingerprint density at radius 1 is 1.29 bits per heavy atom. The molecule has 1 aromatic carbocycles. The predicted molar refractivity (Wildman–Crippen MR) is 86.0 cm³/mol. The Labute approximate surface area is 134 Å². The van der Waals surface area contributed by atoms with Crippen molar-refractivity contribution in [1.82, 2.24) is 10.2 Å². The zero-order valence-electron chi connectivity index (χ0n) is 12.1. The van der Waals surface area contributed by atoms with Crippen LogP contribution in [0.25, 0.3) is 0 Å². The van der Waals surface area contributed by atoms with Crippen LogP contribution in [0.1, 0.15) is 50.1 Å². The summed E-state index contributed by atoms with van der Waals surface area (Å²) in [5, 5.41) is 3.64. The van der Waals surface area contributed by atoms with Gasteiger partial charge in [-0.1, -0.05) is 28.1 Å². The van der Waals surface area contributed by atoms with Gasteiger partial charge in [0.1, 0.15) is 0 Å². The normalized spacial score (nSPS) is 26.9. The first kappa shape index (κ1) is 13.8. The van der Waals surface area contributed by atoms with Gasteiger partial charge in [-0.25, -0.2) is 0 Å². The molecule has 1 aromatic rings. The monoisotopic (exact) mass is 348 g/mol. The van der Waals surface area contributed by atoms with Gasteiger partial charge < -0.3 is 10.2 Å². The average Bonchev–Trinajstić information content (AvgIpc) is 3.16. The van der Waals surface area contributed by atoms with E-state index in [0.29, 0.717) is 11.9 Å². The van der Waals surface area contributed by atoms with Crippen molar-refractivity contribution in [3.8, 4) is 0 Å². The molecule has 1 aliphatic heterocycles. The van der Waals surface area contributed by atoms with E-state index in [1.54, 1.807) is 0 Å². The maximum Gasteiger partial charge on any atom is 0.243 e. The average molecular weight is 349 g/mol. The second kappa shape index (κ2) is 5.10. The number of rotatable bonds is 4. The van der Waals surface area contributed by atoms with Gasteiger partial charge in [-0.3, -0.25) is 4.79 Å². The molecule has 4 rings (SSSR count). The lowest BCUT2D eigenvalue weighted by molar-refractivity contribution is -0.150. The Balaban J connectivity index is 1.51. The number of halogens is 1. The largest absolute Gasteiger partial charge is 0.334 e. The molecule has 1 heterocycles. The third-order valence-electron chi connectivity index (χ3n) is 5.19. The molecule has 1 saturated heterocycles. The molecule has 3 aliphatic rings. The Kier molecular flexibility index (Phi) is 3.34. The topological polar surface area (TPSA) is 32.3 Å². The zero-order chi connectivity index (χ0) is 14.4. The quantitative estimate of drug-likeness (QED) is 0.904. The predicted octanol–water partition coefficient (Wildman–Crippen LogP) is 3.40. The van der Waals surface area contributed by atoms with Crippen LogP contribution >= 0.6 is 15.9 Å². The van der Waals surface area contributed by atoms with Gasteiger partial charge in [0.2, 0.25) is 5.91 Å². The second-order valence-electron chi connectivity index (χ2n) is 6.71. The van der Waals surface area contributed by atoms with Gasteiger partial charge in [-0.05, 0) is 56.2 Å². The summed E-state index contributed by atoms with van der Waals surface area (Å²) < 4.78 is 1.09. The molecule has 1 amide bonds. The van der Waals surface area contributed by atoms with Crippen molar-refractivity contribution in [2.24, 2.45) is 0 Å². The molecular weight excluding hydrogens is 328 g/mol. The fourth-order valence-electron chi connectivity index (χ4n) is 3.53. The molecular formula is C17H21BrN2O. The Hall–Kier alpha value is -0.870. The molecule has 3 fully saturated rings. The highest BCUT2D eigenvalue weighted by Crippen LogP contribution is 2.42. The minimum Gasteiger partial charge on any atom is -0.334 e. The van der Waals surface area contributed by atoms with E-state index in [2.05, 4.69) is 44.3 Å². The van der Waals surface area contributed by atoms with Crippen LogP contribution in [0.15, 0.2) is 28.7 Å². The fraction of sp³-hybridized carbons (Fsp3) is 0.588. The summed E-state index contributed by atoms with van der Waals surface area (Å²) >= 11 is 3.53. The molecule has 1 unspecified atom stereocenters. The van der Waals surface area contributed by atoms with Crippen LogP contribution in [0, 0.1) is 0 Å². The van der Waals surface area contributed by atoms with Crippen molar-refractivity contribution in [3.63, 3.8) is 0 Å². The number of hydrogen-bond acceptors (Lipinski definition) is 2. The number of carbonyl (C=O) groups is 1. The lowest BCUT2D eigenvalue weighted by atomic mass is 9.74. The number of likely N-dealkylation sites (tertiary alicyclic amines) is 1. The van der Waals surface area contributed by atoms with Crippen molar-refractivity contribution in [2.45, 2.75) is 56.1 Å². The molecule has 0 aromatic heterocycles. The first-order valence-electron chi connectivity index (χ1n) is 8.02. The number of nitrogens with one attached hydrogen (secondary N) is 1. The number of hydrogen-bond donors (Lipinski definition) is 1. The Morgan fingerprint density at radius 2 is 2.10 bits per heavy atom. The molecule has 0 bridgehead atoms. The molecule has 0 spiro atoms. The summed E-state index contributed by atoms with van der Waals surface area (Å²) in [6.45, 7) is 0.907. The standard InChI is InChI=1S/C17H21BrN2O/c18-13-4-1-3-12(11-13)15-7-10-20(15)16(21)17(8-2-9-17)19-14-5-6-14/h1,3-4,11,14-15,19H,2,5-10H2. The van der Waals surface area contributed by atoms with E-state index in [9.17, 15) is 4.79 Å². The van der Waals surface area contributed by atoms with E-state index < -0.39 is 0 Å². The molecule has 0 radical (unpaired) electrons. The van der Waals surface area contributed by atoms with Crippen LogP contribution in [0.5, 0.6) is 0 Å². The van der Waals surface area contributed by atoms with Crippen molar-refractivity contribution in [3.05, 3.63) is 34.3 Å². The lowest BCUT2D eigenvalue weighted by Crippen LogP contribution is -2.65. The van der Waals surface area contributed by atoms with Crippen molar-refractivity contribution in [1.29, 1.82) is 0 Å². The summed E-state index contributed by atoms with van der Waals surface area (Å²) in [5.74, 6) is 0.344. The van der Waals surface area contributed by atoms with Gasteiger partial charge in [0.15, 0.2) is 0 Å². The maximum atomic E-state index is 13.0. The molecule has 3 nitrogen and oxygen atoms in total. The Morgan fingerprint density at radius 3 is 2.62 bits per heavy atom. The van der Waals surface area contributed by atoms with E-state index in [4.69, 9.17) is 0 Å². The minimum absolute atomic E-state index is 0.230. The SMILES string of the molecule is O=C(N1CCC1c1cccc(Br)c1)C1(NC2CC2)CCC1. The smallest absolute Gasteiger partial charge is 0.243 e. The number of nitrogens with zero attached hydrogens (tertiary/aromatic N) is 1. The van der Waals surface area contributed by atoms with E-state index in [1.807, 2.05) is 6.07 Å². The molecule has 1 atom stereocenters. The molecule has 112 valence electrons. The highest BCUT2D eigenvalue weighted by molar-refractivity contribution is 9.10. The maximum absolute atomic E-state index is 13.0. The summed E-state index contributed by atoms with van der Waals surface area (Å²) in [4.78, 5) is 15.1. The van der Waals surface area contributed by atoms with E-state index in [1.165, 1.54) is 24.8 Å². The highest BCUT2D eigenvalue weighted by atomic mass is 79.9. The van der Waals surface area contributed by atoms with E-state index in [0.717, 1.165) is 30.3 Å². The van der Waals surface area contributed by atoms with Gasteiger partial charge in [-0.2, -0.15) is 0 Å². The van der Waals surface area contributed by atoms with Gasteiger partial charge in [0.25, 0.3) is 0 Å². The van der Waals surface area contributed by atoms with Gasteiger partial charge in [0.05, 0.1) is 11.6 Å². The Bertz CT molecular complexity index is 566. The van der Waals surface area contributed by atoms with Crippen molar-refractivity contribution >= 4 is 21.8 Å². The van der Waals surface area contributed by atoms with Crippen LogP contribution in [-0.4, -0.2) is 28.9 Å². The van der Waals surface area contributed by atoms with Crippen LogP contribution in [0.4, 0.5) is 0 Å². The molecule has 2 aliphatic carbocycles. The first-order chi connectivity index (χ1) is 10.2. The number of amides is 1. The second-order valence-corrected chi connectivity index (χ2v) is 7.63. The lowest BCUT2D eigenvalue weighted by Gasteiger charge is -2.50. The van der Waals surface area contributed by atoms with E-state index >= 15 is 0 Å². The third-order valence-corrected chi connectivity index (χ3v) is 5.68. The molecule has 2 saturated carbocycles. The highest BCUT2D eigenvalue weighted by Gasteiger charge is 2.51. The minimum atomic E-state index is -0.230. The number of benzene rings is 1. The molecule has 21 heavy (non-hydrogen) atoms. The van der Waals surface area contributed by atoms with Crippen LogP contribution in [0.3, 0.4) is 0 Å². The number of carbonyl (C=O) groups excluding carboxylic acids is 1. The fourth-order valence-corrected chi connectivity index (χ4v) is 3.95. The van der Waals surface area contributed by atoms with Crippen molar-refractivity contribution < 1.29 is 4.79 Å². The van der Waals surface area contributed by atoms with Crippen LogP contribution in [-0.2, 0) is 4.79 Å². The summed E-state index contributed by atoms with van der Waals surface area (Å²) in [6.07, 6.45) is 6.78. The van der Waals surface area contributed by atoms with Crippen LogP contribution < -0.4 is 5.32 Å². The molecule has 1 N–H and O–H groups in total. The molecule has 4 heteroatoms.